The van der Waals surface area contributed by atoms with Crippen molar-refractivity contribution in [3.63, 3.8) is 0 Å². The number of carboxylic acid groups (broad SMARTS) is 1. The minimum absolute atomic E-state index is 0.117. The molecule has 0 unspecified atom stereocenters. The minimum atomic E-state index is -1.23. The van der Waals surface area contributed by atoms with Crippen LogP contribution in [0.3, 0.4) is 0 Å². The van der Waals surface area contributed by atoms with Gasteiger partial charge in [-0.1, -0.05) is 19.3 Å². The van der Waals surface area contributed by atoms with Gasteiger partial charge in [0.25, 0.3) is 5.91 Å². The molecule has 1 aromatic carbocycles. The van der Waals surface area contributed by atoms with Gasteiger partial charge in [-0.2, -0.15) is 0 Å². The van der Waals surface area contributed by atoms with Gasteiger partial charge in [0, 0.05) is 5.56 Å². The monoisotopic (exact) mass is 279 g/mol. The maximum atomic E-state index is 12.1. The smallest absolute Gasteiger partial charge is 0.329 e. The van der Waals surface area contributed by atoms with Crippen molar-refractivity contribution in [3.8, 4) is 11.5 Å². The average Bonchev–Trinajstić information content (AvgIpc) is 2.42. The van der Waals surface area contributed by atoms with Crippen molar-refractivity contribution in [1.29, 1.82) is 0 Å². The lowest BCUT2D eigenvalue weighted by Crippen LogP contribution is -2.55. The Hall–Kier alpha value is -2.24. The zero-order valence-corrected chi connectivity index (χ0v) is 10.9. The van der Waals surface area contributed by atoms with Gasteiger partial charge in [0.2, 0.25) is 0 Å². The normalized spacial score (nSPS) is 17.4. The van der Waals surface area contributed by atoms with Crippen LogP contribution in [0.25, 0.3) is 0 Å². The molecule has 0 heterocycles. The lowest BCUT2D eigenvalue weighted by Gasteiger charge is -2.34. The van der Waals surface area contributed by atoms with Crippen molar-refractivity contribution < 1.29 is 24.9 Å². The van der Waals surface area contributed by atoms with E-state index in [-0.39, 0.29) is 11.3 Å². The minimum Gasteiger partial charge on any atom is -0.504 e. The van der Waals surface area contributed by atoms with Crippen molar-refractivity contribution in [2.75, 3.05) is 0 Å². The first-order valence-electron chi connectivity index (χ1n) is 6.52. The molecular weight excluding hydrogens is 262 g/mol. The molecule has 20 heavy (non-hydrogen) atoms. The highest BCUT2D eigenvalue weighted by Crippen LogP contribution is 2.30. The molecule has 1 saturated carbocycles. The molecule has 0 aromatic heterocycles. The Morgan fingerprint density at radius 2 is 1.70 bits per heavy atom. The van der Waals surface area contributed by atoms with Crippen LogP contribution in [0.2, 0.25) is 0 Å². The van der Waals surface area contributed by atoms with Crippen LogP contribution in [0.15, 0.2) is 18.2 Å². The van der Waals surface area contributed by atoms with E-state index in [9.17, 15) is 24.9 Å². The van der Waals surface area contributed by atoms with Crippen LogP contribution < -0.4 is 5.32 Å². The molecule has 4 N–H and O–H groups in total. The highest BCUT2D eigenvalue weighted by molar-refractivity contribution is 5.98. The zero-order chi connectivity index (χ0) is 14.8. The lowest BCUT2D eigenvalue weighted by atomic mass is 9.81. The summed E-state index contributed by atoms with van der Waals surface area (Å²) in [7, 11) is 0. The number of hydrogen-bond donors (Lipinski definition) is 4. The van der Waals surface area contributed by atoms with E-state index in [4.69, 9.17) is 0 Å². The maximum Gasteiger partial charge on any atom is 0.329 e. The van der Waals surface area contributed by atoms with Gasteiger partial charge < -0.3 is 20.6 Å². The third-order valence-corrected chi connectivity index (χ3v) is 3.71. The molecule has 6 nitrogen and oxygen atoms in total. The molecule has 1 aliphatic rings. The van der Waals surface area contributed by atoms with Crippen molar-refractivity contribution in [2.45, 2.75) is 37.6 Å². The number of benzene rings is 1. The number of carboxylic acids is 1. The summed E-state index contributed by atoms with van der Waals surface area (Å²) in [5, 5.41) is 30.5. The number of aromatic hydroxyl groups is 2. The highest BCUT2D eigenvalue weighted by atomic mass is 16.4. The van der Waals surface area contributed by atoms with Gasteiger partial charge >= 0.3 is 5.97 Å². The van der Waals surface area contributed by atoms with Gasteiger partial charge in [-0.05, 0) is 31.0 Å². The van der Waals surface area contributed by atoms with Gasteiger partial charge in [0.1, 0.15) is 5.54 Å². The predicted molar refractivity (Wildman–Crippen MR) is 70.7 cm³/mol. The van der Waals surface area contributed by atoms with Crippen LogP contribution in [0.5, 0.6) is 11.5 Å². The molecule has 2 rings (SSSR count). The number of carbonyl (C=O) groups is 2. The molecule has 0 radical (unpaired) electrons. The Labute approximate surface area is 116 Å². The van der Waals surface area contributed by atoms with Crippen LogP contribution >= 0.6 is 0 Å². The van der Waals surface area contributed by atoms with Crippen LogP contribution in [0.4, 0.5) is 0 Å². The summed E-state index contributed by atoms with van der Waals surface area (Å²) in [6.45, 7) is 0. The van der Waals surface area contributed by atoms with Crippen molar-refractivity contribution in [3.05, 3.63) is 23.8 Å². The van der Waals surface area contributed by atoms with Crippen molar-refractivity contribution in [2.24, 2.45) is 0 Å². The first-order valence-corrected chi connectivity index (χ1v) is 6.52. The number of nitrogens with one attached hydrogen (secondary N) is 1. The first kappa shape index (κ1) is 14.2. The van der Waals surface area contributed by atoms with Gasteiger partial charge in [0.15, 0.2) is 11.5 Å². The van der Waals surface area contributed by atoms with E-state index in [2.05, 4.69) is 5.32 Å². The molecule has 1 aliphatic carbocycles. The fourth-order valence-electron chi connectivity index (χ4n) is 2.50. The summed E-state index contributed by atoms with van der Waals surface area (Å²) in [6, 6.07) is 3.64. The van der Waals surface area contributed by atoms with Crippen LogP contribution in [-0.2, 0) is 4.79 Å². The molecule has 1 fully saturated rings. The average molecular weight is 279 g/mol. The van der Waals surface area contributed by atoms with Crippen LogP contribution in [0, 0.1) is 0 Å². The number of phenolic OH excluding ortho intramolecular Hbond substituents is 2. The number of carbonyl (C=O) groups excluding carboxylic acids is 1. The summed E-state index contributed by atoms with van der Waals surface area (Å²) in [5.74, 6) is -2.34. The van der Waals surface area contributed by atoms with Crippen LogP contribution in [0.1, 0.15) is 42.5 Å². The summed E-state index contributed by atoms with van der Waals surface area (Å²) in [4.78, 5) is 23.6. The van der Waals surface area contributed by atoms with E-state index < -0.39 is 23.2 Å². The molecule has 0 bridgehead atoms. The Morgan fingerprint density at radius 3 is 2.25 bits per heavy atom. The van der Waals surface area contributed by atoms with E-state index >= 15 is 0 Å². The number of aliphatic carboxylic acids is 1. The predicted octanol–water partition coefficient (Wildman–Crippen LogP) is 1.62. The highest BCUT2D eigenvalue weighted by Gasteiger charge is 2.41. The van der Waals surface area contributed by atoms with E-state index in [1.807, 2.05) is 0 Å². The molecule has 0 aliphatic heterocycles. The SMILES string of the molecule is O=C(NC1(C(=O)O)CCCCC1)c1ccc(O)c(O)c1. The lowest BCUT2D eigenvalue weighted by molar-refractivity contribution is -0.145. The van der Waals surface area contributed by atoms with E-state index in [0.717, 1.165) is 25.3 Å². The van der Waals surface area contributed by atoms with Gasteiger partial charge in [-0.25, -0.2) is 4.79 Å². The summed E-state index contributed by atoms with van der Waals surface area (Å²) in [6.07, 6.45) is 3.28. The number of phenols is 2. The second-order valence-corrected chi connectivity index (χ2v) is 5.11. The summed E-state index contributed by atoms with van der Waals surface area (Å²) >= 11 is 0. The topological polar surface area (TPSA) is 107 Å². The molecule has 6 heteroatoms. The largest absolute Gasteiger partial charge is 0.504 e. The van der Waals surface area contributed by atoms with Crippen molar-refractivity contribution in [1.82, 2.24) is 5.32 Å². The van der Waals surface area contributed by atoms with Gasteiger partial charge in [-0.15, -0.1) is 0 Å². The quantitative estimate of drug-likeness (QED) is 0.629. The van der Waals surface area contributed by atoms with E-state index in [0.29, 0.717) is 12.8 Å². The second kappa shape index (κ2) is 5.40. The summed E-state index contributed by atoms with van der Waals surface area (Å²) < 4.78 is 0. The number of hydrogen-bond acceptors (Lipinski definition) is 4. The molecule has 0 spiro atoms. The molecule has 1 amide bonds. The molecule has 1 aromatic rings. The Morgan fingerprint density at radius 1 is 1.05 bits per heavy atom. The summed E-state index contributed by atoms with van der Waals surface area (Å²) in [5.41, 5.74) is -1.12. The van der Waals surface area contributed by atoms with Crippen molar-refractivity contribution >= 4 is 11.9 Å². The Balaban J connectivity index is 2.20. The van der Waals surface area contributed by atoms with Gasteiger partial charge in [0.05, 0.1) is 0 Å². The van der Waals surface area contributed by atoms with E-state index in [1.54, 1.807) is 0 Å². The Kier molecular flexibility index (Phi) is 3.83. The van der Waals surface area contributed by atoms with Crippen LogP contribution in [-0.4, -0.2) is 32.7 Å². The molecule has 108 valence electrons. The molecular formula is C14H17NO5. The number of amides is 1. The third-order valence-electron chi connectivity index (χ3n) is 3.71. The first-order chi connectivity index (χ1) is 9.44. The fourth-order valence-corrected chi connectivity index (χ4v) is 2.50. The second-order valence-electron chi connectivity index (χ2n) is 5.11. The standard InChI is InChI=1S/C14H17NO5/c16-10-5-4-9(8-11(10)17)12(18)15-14(13(19)20)6-2-1-3-7-14/h4-5,8,16-17H,1-3,6-7H2,(H,15,18)(H,19,20). The molecule has 0 atom stereocenters. The number of rotatable bonds is 3. The molecule has 0 saturated heterocycles. The van der Waals surface area contributed by atoms with Gasteiger partial charge in [-0.3, -0.25) is 4.79 Å². The maximum absolute atomic E-state index is 12.1. The zero-order valence-electron chi connectivity index (χ0n) is 10.9. The van der Waals surface area contributed by atoms with E-state index in [1.165, 1.54) is 12.1 Å². The Bertz CT molecular complexity index is 534. The fraction of sp³-hybridized carbons (Fsp3) is 0.429. The third kappa shape index (κ3) is 2.68.